The minimum Gasteiger partial charge on any atom is -0.379 e. The third-order valence-electron chi connectivity index (χ3n) is 2.22. The van der Waals surface area contributed by atoms with E-state index < -0.39 is 0 Å². The second-order valence-corrected chi connectivity index (χ2v) is 5.93. The molecule has 5 heteroatoms. The lowest BCUT2D eigenvalue weighted by Crippen LogP contribution is -1.99. The van der Waals surface area contributed by atoms with Crippen LogP contribution in [-0.2, 0) is 6.54 Å². The van der Waals surface area contributed by atoms with E-state index in [1.807, 2.05) is 30.6 Å². The van der Waals surface area contributed by atoms with E-state index in [9.17, 15) is 0 Å². The van der Waals surface area contributed by atoms with E-state index in [-0.39, 0.29) is 0 Å². The summed E-state index contributed by atoms with van der Waals surface area (Å²) in [6.45, 7) is 2.79. The first-order valence-corrected chi connectivity index (χ1v) is 7.08. The summed E-state index contributed by atoms with van der Waals surface area (Å²) >= 11 is 10.0. The lowest BCUT2D eigenvalue weighted by atomic mass is 10.3. The lowest BCUT2D eigenvalue weighted by molar-refractivity contribution is 1.12. The van der Waals surface area contributed by atoms with Gasteiger partial charge < -0.3 is 5.32 Å². The van der Waals surface area contributed by atoms with Crippen molar-refractivity contribution in [3.63, 3.8) is 0 Å². The van der Waals surface area contributed by atoms with Crippen LogP contribution in [0.2, 0.25) is 5.02 Å². The SMILES string of the molecule is Cc1ncsc1CNc1ccc(I)cc1Cl. The quantitative estimate of drug-likeness (QED) is 0.820. The molecular formula is C11H10ClIN2S. The third-order valence-corrected chi connectivity index (χ3v) is 4.13. The number of aryl methyl sites for hydroxylation is 1. The number of anilines is 1. The molecule has 0 unspecified atom stereocenters. The number of nitrogens with one attached hydrogen (secondary N) is 1. The largest absolute Gasteiger partial charge is 0.379 e. The van der Waals surface area contributed by atoms with Crippen molar-refractivity contribution in [1.82, 2.24) is 4.98 Å². The Hall–Kier alpha value is -0.330. The van der Waals surface area contributed by atoms with Crippen LogP contribution in [0.1, 0.15) is 10.6 Å². The first-order chi connectivity index (χ1) is 7.66. The molecule has 0 spiro atoms. The monoisotopic (exact) mass is 364 g/mol. The van der Waals surface area contributed by atoms with Gasteiger partial charge >= 0.3 is 0 Å². The Labute approximate surface area is 117 Å². The summed E-state index contributed by atoms with van der Waals surface area (Å²) < 4.78 is 1.14. The van der Waals surface area contributed by atoms with Crippen LogP contribution in [0.15, 0.2) is 23.7 Å². The molecule has 1 heterocycles. The van der Waals surface area contributed by atoms with Crippen LogP contribution >= 0.6 is 45.5 Å². The molecule has 0 aliphatic rings. The predicted molar refractivity (Wildman–Crippen MR) is 78.3 cm³/mol. The molecule has 2 rings (SSSR count). The molecule has 0 atom stereocenters. The molecule has 0 aliphatic heterocycles. The third kappa shape index (κ3) is 2.87. The van der Waals surface area contributed by atoms with Crippen molar-refractivity contribution in [3.05, 3.63) is 42.9 Å². The molecule has 0 radical (unpaired) electrons. The Balaban J connectivity index is 2.08. The standard InChI is InChI=1S/C11H10ClIN2S/c1-7-11(16-6-15-7)5-14-10-3-2-8(13)4-9(10)12/h2-4,6,14H,5H2,1H3. The summed E-state index contributed by atoms with van der Waals surface area (Å²) in [7, 11) is 0. The average Bonchev–Trinajstić information content (AvgIpc) is 2.63. The van der Waals surface area contributed by atoms with E-state index in [1.165, 1.54) is 4.88 Å². The van der Waals surface area contributed by atoms with Crippen molar-refractivity contribution in [2.45, 2.75) is 13.5 Å². The van der Waals surface area contributed by atoms with Gasteiger partial charge in [-0.25, -0.2) is 4.98 Å². The maximum absolute atomic E-state index is 6.13. The number of aromatic nitrogens is 1. The van der Waals surface area contributed by atoms with E-state index in [1.54, 1.807) is 11.3 Å². The number of thiazole rings is 1. The maximum Gasteiger partial charge on any atom is 0.0798 e. The van der Waals surface area contributed by atoms with E-state index in [2.05, 4.69) is 32.9 Å². The molecule has 1 aromatic carbocycles. The van der Waals surface area contributed by atoms with Gasteiger partial charge in [0.2, 0.25) is 0 Å². The zero-order valence-electron chi connectivity index (χ0n) is 8.63. The van der Waals surface area contributed by atoms with Crippen LogP contribution in [0.5, 0.6) is 0 Å². The average molecular weight is 365 g/mol. The van der Waals surface area contributed by atoms with Gasteiger partial charge in [0.25, 0.3) is 0 Å². The summed E-state index contributed by atoms with van der Waals surface area (Å²) in [5.74, 6) is 0. The van der Waals surface area contributed by atoms with Crippen molar-refractivity contribution in [1.29, 1.82) is 0 Å². The summed E-state index contributed by atoms with van der Waals surface area (Å²) in [5, 5.41) is 4.08. The molecule has 0 saturated carbocycles. The number of nitrogens with zero attached hydrogens (tertiary/aromatic N) is 1. The predicted octanol–water partition coefficient (Wildman–Crippen LogP) is 4.32. The molecule has 0 amide bonds. The molecule has 1 aromatic heterocycles. The molecule has 16 heavy (non-hydrogen) atoms. The Morgan fingerprint density at radius 2 is 2.31 bits per heavy atom. The van der Waals surface area contributed by atoms with Crippen molar-refractivity contribution in [2.24, 2.45) is 0 Å². The van der Waals surface area contributed by atoms with Crippen molar-refractivity contribution in [2.75, 3.05) is 5.32 Å². The summed E-state index contributed by atoms with van der Waals surface area (Å²) in [6.07, 6.45) is 0. The van der Waals surface area contributed by atoms with Crippen molar-refractivity contribution in [3.8, 4) is 0 Å². The van der Waals surface area contributed by atoms with Crippen LogP contribution in [0.4, 0.5) is 5.69 Å². The van der Waals surface area contributed by atoms with E-state index in [4.69, 9.17) is 11.6 Å². The van der Waals surface area contributed by atoms with Gasteiger partial charge in [-0.15, -0.1) is 11.3 Å². The van der Waals surface area contributed by atoms with Crippen molar-refractivity contribution < 1.29 is 0 Å². The molecule has 0 fully saturated rings. The fourth-order valence-electron chi connectivity index (χ4n) is 1.30. The Bertz CT molecular complexity index is 498. The number of hydrogen-bond donors (Lipinski definition) is 1. The smallest absolute Gasteiger partial charge is 0.0798 e. The van der Waals surface area contributed by atoms with E-state index in [0.29, 0.717) is 0 Å². The molecular weight excluding hydrogens is 355 g/mol. The fraction of sp³-hybridized carbons (Fsp3) is 0.182. The number of rotatable bonds is 3. The Morgan fingerprint density at radius 1 is 1.50 bits per heavy atom. The fourth-order valence-corrected chi connectivity index (χ4v) is 2.94. The second-order valence-electron chi connectivity index (χ2n) is 3.34. The molecule has 2 nitrogen and oxygen atoms in total. The Morgan fingerprint density at radius 3 is 2.94 bits per heavy atom. The molecule has 0 saturated heterocycles. The Kier molecular flexibility index (Phi) is 4.05. The first kappa shape index (κ1) is 12.1. The van der Waals surface area contributed by atoms with Crippen LogP contribution in [0.3, 0.4) is 0 Å². The number of benzene rings is 1. The van der Waals surface area contributed by atoms with Gasteiger partial charge in [-0.1, -0.05) is 11.6 Å². The number of halogens is 2. The van der Waals surface area contributed by atoms with Crippen LogP contribution in [0, 0.1) is 10.5 Å². The van der Waals surface area contributed by atoms with Gasteiger partial charge in [-0.2, -0.15) is 0 Å². The van der Waals surface area contributed by atoms with Crippen molar-refractivity contribution >= 4 is 51.2 Å². The lowest BCUT2D eigenvalue weighted by Gasteiger charge is -2.07. The highest BCUT2D eigenvalue weighted by atomic mass is 127. The minimum absolute atomic E-state index is 0.758. The molecule has 1 N–H and O–H groups in total. The van der Waals surface area contributed by atoms with E-state index >= 15 is 0 Å². The van der Waals surface area contributed by atoms with Crippen LogP contribution < -0.4 is 5.32 Å². The zero-order valence-corrected chi connectivity index (χ0v) is 12.4. The second kappa shape index (κ2) is 5.33. The summed E-state index contributed by atoms with van der Waals surface area (Å²) in [6, 6.07) is 5.98. The van der Waals surface area contributed by atoms with Crippen LogP contribution in [0.25, 0.3) is 0 Å². The molecule has 84 valence electrons. The first-order valence-electron chi connectivity index (χ1n) is 4.74. The van der Waals surface area contributed by atoms with E-state index in [0.717, 1.165) is 26.5 Å². The highest BCUT2D eigenvalue weighted by Gasteiger charge is 2.03. The zero-order chi connectivity index (χ0) is 11.5. The van der Waals surface area contributed by atoms with Crippen LogP contribution in [-0.4, -0.2) is 4.98 Å². The van der Waals surface area contributed by atoms with Gasteiger partial charge in [0.1, 0.15) is 0 Å². The highest BCUT2D eigenvalue weighted by molar-refractivity contribution is 14.1. The molecule has 0 bridgehead atoms. The molecule has 0 aliphatic carbocycles. The van der Waals surface area contributed by atoms with Gasteiger partial charge in [0.15, 0.2) is 0 Å². The molecule has 2 aromatic rings. The maximum atomic E-state index is 6.13. The van der Waals surface area contributed by atoms with Gasteiger partial charge in [-0.3, -0.25) is 0 Å². The van der Waals surface area contributed by atoms with Gasteiger partial charge in [-0.05, 0) is 47.7 Å². The summed E-state index contributed by atoms with van der Waals surface area (Å²) in [5.41, 5.74) is 3.91. The summed E-state index contributed by atoms with van der Waals surface area (Å²) in [4.78, 5) is 5.45. The number of hydrogen-bond acceptors (Lipinski definition) is 3. The van der Waals surface area contributed by atoms with Gasteiger partial charge in [0, 0.05) is 8.45 Å². The normalized spacial score (nSPS) is 10.4. The minimum atomic E-state index is 0.758. The van der Waals surface area contributed by atoms with Gasteiger partial charge in [0.05, 0.1) is 28.5 Å². The highest BCUT2D eigenvalue weighted by Crippen LogP contribution is 2.25. The topological polar surface area (TPSA) is 24.9 Å².